The van der Waals surface area contributed by atoms with E-state index in [-0.39, 0.29) is 17.6 Å². The molecule has 6 nitrogen and oxygen atoms in total. The number of amides is 2. The third-order valence-electron chi connectivity index (χ3n) is 4.38. The molecule has 3 aromatic carbocycles. The molecule has 0 aliphatic carbocycles. The Hall–Kier alpha value is -4.00. The van der Waals surface area contributed by atoms with E-state index in [1.165, 1.54) is 31.2 Å². The lowest BCUT2D eigenvalue weighted by Crippen LogP contribution is -2.30. The van der Waals surface area contributed by atoms with E-state index in [2.05, 4.69) is 10.6 Å². The molecule has 0 aliphatic heterocycles. The van der Waals surface area contributed by atoms with Crippen LogP contribution in [-0.2, 0) is 9.59 Å². The van der Waals surface area contributed by atoms with Crippen LogP contribution in [0.4, 0.5) is 15.8 Å². The van der Waals surface area contributed by atoms with Gasteiger partial charge in [-0.2, -0.15) is 0 Å². The third kappa shape index (κ3) is 5.99. The molecule has 31 heavy (non-hydrogen) atoms. The molecule has 3 aromatic rings. The first-order valence-corrected chi connectivity index (χ1v) is 9.57. The van der Waals surface area contributed by atoms with E-state index < -0.39 is 11.9 Å². The maximum absolute atomic E-state index is 13.0. The van der Waals surface area contributed by atoms with Crippen LogP contribution in [0.1, 0.15) is 29.8 Å². The number of nitrogens with one attached hydrogen (secondary N) is 2. The van der Waals surface area contributed by atoms with Gasteiger partial charge in [0.15, 0.2) is 11.9 Å². The lowest BCUT2D eigenvalue weighted by molar-refractivity contribution is -0.122. The average Bonchev–Trinajstić information content (AvgIpc) is 2.75. The van der Waals surface area contributed by atoms with Crippen LogP contribution in [0.15, 0.2) is 72.8 Å². The normalized spacial score (nSPS) is 11.3. The van der Waals surface area contributed by atoms with Crippen molar-refractivity contribution in [1.29, 1.82) is 0 Å². The number of carbonyl (C=O) groups is 3. The monoisotopic (exact) mass is 420 g/mol. The Bertz CT molecular complexity index is 1080. The van der Waals surface area contributed by atoms with E-state index in [1.54, 1.807) is 55.5 Å². The minimum Gasteiger partial charge on any atom is -0.481 e. The van der Waals surface area contributed by atoms with Gasteiger partial charge in [-0.3, -0.25) is 14.4 Å². The molecule has 7 heteroatoms. The van der Waals surface area contributed by atoms with Gasteiger partial charge in [0.05, 0.1) is 0 Å². The Kier molecular flexibility index (Phi) is 6.77. The lowest BCUT2D eigenvalue weighted by Gasteiger charge is -2.15. The molecular weight excluding hydrogens is 399 g/mol. The molecule has 0 fully saturated rings. The number of anilines is 2. The molecule has 158 valence electrons. The van der Waals surface area contributed by atoms with Crippen molar-refractivity contribution in [2.75, 3.05) is 10.6 Å². The zero-order valence-electron chi connectivity index (χ0n) is 17.0. The fourth-order valence-electron chi connectivity index (χ4n) is 2.79. The number of ether oxygens (including phenoxy) is 1. The van der Waals surface area contributed by atoms with Gasteiger partial charge in [-0.05, 0) is 79.7 Å². The summed E-state index contributed by atoms with van der Waals surface area (Å²) in [5.41, 5.74) is 2.00. The second-order valence-corrected chi connectivity index (χ2v) is 6.87. The van der Waals surface area contributed by atoms with E-state index in [1.807, 2.05) is 0 Å². The minimum absolute atomic E-state index is 0.177. The number of hydrogen-bond donors (Lipinski definition) is 2. The van der Waals surface area contributed by atoms with Crippen LogP contribution in [-0.4, -0.2) is 23.7 Å². The molecule has 3 rings (SSSR count). The summed E-state index contributed by atoms with van der Waals surface area (Å²) in [7, 11) is 0. The maximum atomic E-state index is 13.0. The number of hydrogen-bond acceptors (Lipinski definition) is 4. The van der Waals surface area contributed by atoms with Gasteiger partial charge >= 0.3 is 0 Å². The van der Waals surface area contributed by atoms with E-state index in [0.717, 1.165) is 0 Å². The molecule has 1 atom stereocenters. The second kappa shape index (κ2) is 9.67. The van der Waals surface area contributed by atoms with Gasteiger partial charge in [-0.15, -0.1) is 0 Å². The van der Waals surface area contributed by atoms with Gasteiger partial charge in [0.25, 0.3) is 5.91 Å². The zero-order chi connectivity index (χ0) is 22.4. The highest BCUT2D eigenvalue weighted by Crippen LogP contribution is 2.18. The molecule has 0 spiro atoms. The van der Waals surface area contributed by atoms with Gasteiger partial charge < -0.3 is 15.4 Å². The summed E-state index contributed by atoms with van der Waals surface area (Å²) in [6, 6.07) is 18.4. The van der Waals surface area contributed by atoms with E-state index >= 15 is 0 Å². The average molecular weight is 420 g/mol. The van der Waals surface area contributed by atoms with Gasteiger partial charge in [0.2, 0.25) is 5.91 Å². The smallest absolute Gasteiger partial charge is 0.265 e. The van der Waals surface area contributed by atoms with E-state index in [4.69, 9.17) is 4.74 Å². The molecular formula is C24H21FN2O4. The zero-order valence-corrected chi connectivity index (χ0v) is 17.0. The number of halogens is 1. The summed E-state index contributed by atoms with van der Waals surface area (Å²) in [4.78, 5) is 35.9. The van der Waals surface area contributed by atoms with Crippen LogP contribution >= 0.6 is 0 Å². The van der Waals surface area contributed by atoms with Crippen molar-refractivity contribution in [3.8, 4) is 5.75 Å². The molecule has 0 saturated carbocycles. The van der Waals surface area contributed by atoms with Crippen LogP contribution in [0.2, 0.25) is 0 Å². The molecule has 0 unspecified atom stereocenters. The predicted molar refractivity (Wildman–Crippen MR) is 116 cm³/mol. The summed E-state index contributed by atoms with van der Waals surface area (Å²) in [6.45, 7) is 3.03. The summed E-state index contributed by atoms with van der Waals surface area (Å²) < 4.78 is 18.7. The van der Waals surface area contributed by atoms with Crippen molar-refractivity contribution in [1.82, 2.24) is 0 Å². The molecule has 0 bridgehead atoms. The van der Waals surface area contributed by atoms with Crippen molar-refractivity contribution in [2.24, 2.45) is 0 Å². The van der Waals surface area contributed by atoms with Crippen molar-refractivity contribution in [2.45, 2.75) is 20.0 Å². The fraction of sp³-hybridized carbons (Fsp3) is 0.125. The fourth-order valence-corrected chi connectivity index (χ4v) is 2.79. The molecule has 2 amide bonds. The topological polar surface area (TPSA) is 84.5 Å². The first kappa shape index (κ1) is 21.7. The number of rotatable bonds is 7. The van der Waals surface area contributed by atoms with Crippen LogP contribution in [0.25, 0.3) is 0 Å². The highest BCUT2D eigenvalue weighted by atomic mass is 19.1. The molecule has 0 heterocycles. The third-order valence-corrected chi connectivity index (χ3v) is 4.38. The standard InChI is InChI=1S/C24H21FN2O4/c1-15(24(30)27-21-11-9-20(10-12-21)26-16(2)28)31-22-13-5-18(6-14-22)23(29)17-3-7-19(25)8-4-17/h3-15H,1-2H3,(H,26,28)(H,27,30)/t15-/m1/s1. The maximum Gasteiger partial charge on any atom is 0.265 e. The van der Waals surface area contributed by atoms with Gasteiger partial charge in [-0.1, -0.05) is 0 Å². The number of benzene rings is 3. The number of carbonyl (C=O) groups excluding carboxylic acids is 3. The Morgan fingerprint density at radius 3 is 1.77 bits per heavy atom. The summed E-state index contributed by atoms with van der Waals surface area (Å²) in [5.74, 6) is -0.737. The lowest BCUT2D eigenvalue weighted by atomic mass is 10.0. The molecule has 0 saturated heterocycles. The van der Waals surface area contributed by atoms with Gasteiger partial charge in [0.1, 0.15) is 11.6 Å². The highest BCUT2D eigenvalue weighted by molar-refractivity contribution is 6.09. The van der Waals surface area contributed by atoms with E-state index in [0.29, 0.717) is 28.3 Å². The summed E-state index contributed by atoms with van der Waals surface area (Å²) >= 11 is 0. The van der Waals surface area contributed by atoms with E-state index in [9.17, 15) is 18.8 Å². The predicted octanol–water partition coefficient (Wildman–Crippen LogP) is 4.42. The SMILES string of the molecule is CC(=O)Nc1ccc(NC(=O)[C@@H](C)Oc2ccc(C(=O)c3ccc(F)cc3)cc2)cc1. The van der Waals surface area contributed by atoms with Crippen molar-refractivity contribution in [3.05, 3.63) is 89.7 Å². The quantitative estimate of drug-likeness (QED) is 0.554. The molecule has 2 N–H and O–H groups in total. The summed E-state index contributed by atoms with van der Waals surface area (Å²) in [5, 5.41) is 5.39. The molecule has 0 radical (unpaired) electrons. The van der Waals surface area contributed by atoms with Crippen LogP contribution in [0.5, 0.6) is 5.75 Å². The second-order valence-electron chi connectivity index (χ2n) is 6.87. The van der Waals surface area contributed by atoms with Crippen molar-refractivity contribution < 1.29 is 23.5 Å². The van der Waals surface area contributed by atoms with Crippen molar-refractivity contribution in [3.63, 3.8) is 0 Å². The van der Waals surface area contributed by atoms with Crippen LogP contribution in [0, 0.1) is 5.82 Å². The first-order valence-electron chi connectivity index (χ1n) is 9.57. The summed E-state index contributed by atoms with van der Waals surface area (Å²) in [6.07, 6.45) is -0.784. The first-order chi connectivity index (χ1) is 14.8. The Balaban J connectivity index is 1.57. The van der Waals surface area contributed by atoms with Crippen LogP contribution in [0.3, 0.4) is 0 Å². The van der Waals surface area contributed by atoms with Crippen LogP contribution < -0.4 is 15.4 Å². The molecule has 0 aromatic heterocycles. The molecule has 0 aliphatic rings. The minimum atomic E-state index is -0.784. The Labute approximate surface area is 179 Å². The largest absolute Gasteiger partial charge is 0.481 e. The van der Waals surface area contributed by atoms with Gasteiger partial charge in [0, 0.05) is 29.4 Å². The van der Waals surface area contributed by atoms with Gasteiger partial charge in [-0.25, -0.2) is 4.39 Å². The number of ketones is 1. The Morgan fingerprint density at radius 1 is 0.774 bits per heavy atom. The van der Waals surface area contributed by atoms with Crippen molar-refractivity contribution >= 4 is 29.0 Å². The Morgan fingerprint density at radius 2 is 1.26 bits per heavy atom. The highest BCUT2D eigenvalue weighted by Gasteiger charge is 2.16.